The van der Waals surface area contributed by atoms with Gasteiger partial charge < -0.3 is 9.88 Å². The van der Waals surface area contributed by atoms with Crippen molar-refractivity contribution in [1.82, 2.24) is 4.57 Å². The number of fused-ring (bicyclic) bond motifs is 1. The zero-order valence-electron chi connectivity index (χ0n) is 13.4. The highest BCUT2D eigenvalue weighted by molar-refractivity contribution is 6.30. The van der Waals surface area contributed by atoms with E-state index in [2.05, 4.69) is 11.4 Å². The summed E-state index contributed by atoms with van der Waals surface area (Å²) in [6.07, 6.45) is 2.16. The SMILES string of the molecule is CC(C)(C)n1cc(C#N)c2c1NC(=O)C[C@@H]2c1ccc(Cl)cc1. The van der Waals surface area contributed by atoms with Gasteiger partial charge in [-0.05, 0) is 38.5 Å². The Morgan fingerprint density at radius 2 is 1.96 bits per heavy atom. The van der Waals surface area contributed by atoms with Gasteiger partial charge in [0.1, 0.15) is 11.9 Å². The van der Waals surface area contributed by atoms with E-state index in [0.717, 1.165) is 16.9 Å². The summed E-state index contributed by atoms with van der Waals surface area (Å²) in [6.45, 7) is 6.14. The van der Waals surface area contributed by atoms with Gasteiger partial charge in [0.2, 0.25) is 5.91 Å². The number of nitrogens with zero attached hydrogens (tertiary/aromatic N) is 2. The van der Waals surface area contributed by atoms with Crippen molar-refractivity contribution in [1.29, 1.82) is 5.26 Å². The average molecular weight is 328 g/mol. The number of amides is 1. The molecule has 3 rings (SSSR count). The minimum Gasteiger partial charge on any atom is -0.328 e. The van der Waals surface area contributed by atoms with Crippen molar-refractivity contribution in [2.24, 2.45) is 0 Å². The Hall–Kier alpha value is -2.25. The predicted molar refractivity (Wildman–Crippen MR) is 90.7 cm³/mol. The molecular weight excluding hydrogens is 310 g/mol. The fraction of sp³-hybridized carbons (Fsp3) is 0.333. The van der Waals surface area contributed by atoms with Crippen molar-refractivity contribution in [3.05, 3.63) is 52.2 Å². The lowest BCUT2D eigenvalue weighted by Crippen LogP contribution is -2.29. The average Bonchev–Trinajstić information content (AvgIpc) is 2.85. The lowest BCUT2D eigenvalue weighted by atomic mass is 9.85. The zero-order chi connectivity index (χ0) is 16.8. The van der Waals surface area contributed by atoms with E-state index in [0.29, 0.717) is 17.0 Å². The Bertz CT molecular complexity index is 807. The zero-order valence-corrected chi connectivity index (χ0v) is 14.1. The molecule has 0 bridgehead atoms. The molecule has 1 aliphatic heterocycles. The third kappa shape index (κ3) is 2.73. The van der Waals surface area contributed by atoms with E-state index in [1.165, 1.54) is 0 Å². The summed E-state index contributed by atoms with van der Waals surface area (Å²) in [4.78, 5) is 12.2. The Balaban J connectivity index is 2.21. The van der Waals surface area contributed by atoms with Crippen LogP contribution < -0.4 is 5.32 Å². The molecule has 0 radical (unpaired) electrons. The Labute approximate surface area is 140 Å². The summed E-state index contributed by atoms with van der Waals surface area (Å²) >= 11 is 5.97. The molecule has 0 saturated heterocycles. The van der Waals surface area contributed by atoms with Gasteiger partial charge in [-0.1, -0.05) is 23.7 Å². The molecule has 1 N–H and O–H groups in total. The van der Waals surface area contributed by atoms with Crippen molar-refractivity contribution in [2.45, 2.75) is 38.6 Å². The van der Waals surface area contributed by atoms with Gasteiger partial charge in [0.15, 0.2) is 0 Å². The first kappa shape index (κ1) is 15.6. The highest BCUT2D eigenvalue weighted by Crippen LogP contribution is 2.42. The number of carbonyl (C=O) groups excluding carboxylic acids is 1. The molecule has 1 atom stereocenters. The number of halogens is 1. The number of nitrogens with one attached hydrogen (secondary N) is 1. The Morgan fingerprint density at radius 3 is 2.52 bits per heavy atom. The summed E-state index contributed by atoms with van der Waals surface area (Å²) in [7, 11) is 0. The quantitative estimate of drug-likeness (QED) is 0.851. The number of carbonyl (C=O) groups is 1. The highest BCUT2D eigenvalue weighted by atomic mass is 35.5. The number of nitriles is 1. The molecule has 0 saturated carbocycles. The van der Waals surface area contributed by atoms with E-state index < -0.39 is 0 Å². The van der Waals surface area contributed by atoms with E-state index in [1.807, 2.05) is 55.8 Å². The predicted octanol–water partition coefficient (Wildman–Crippen LogP) is 4.24. The van der Waals surface area contributed by atoms with E-state index >= 15 is 0 Å². The second kappa shape index (κ2) is 5.43. The molecule has 118 valence electrons. The fourth-order valence-corrected chi connectivity index (χ4v) is 3.20. The fourth-order valence-electron chi connectivity index (χ4n) is 3.07. The number of anilines is 1. The number of hydrogen-bond donors (Lipinski definition) is 1. The molecule has 23 heavy (non-hydrogen) atoms. The van der Waals surface area contributed by atoms with Crippen LogP contribution in [0.5, 0.6) is 0 Å². The Kier molecular flexibility index (Phi) is 3.69. The van der Waals surface area contributed by atoms with Crippen LogP contribution in [0.15, 0.2) is 30.5 Å². The van der Waals surface area contributed by atoms with Gasteiger partial charge >= 0.3 is 0 Å². The summed E-state index contributed by atoms with van der Waals surface area (Å²) < 4.78 is 1.97. The minimum absolute atomic E-state index is 0.0365. The maximum absolute atomic E-state index is 12.2. The standard InChI is InChI=1S/C18H18ClN3O/c1-18(2,3)22-10-12(9-20)16-14(8-15(23)21-17(16)22)11-4-6-13(19)7-5-11/h4-7,10,14H,8H2,1-3H3,(H,21,23)/t14-/m1/s1. The molecule has 0 unspecified atom stereocenters. The number of aromatic nitrogens is 1. The van der Waals surface area contributed by atoms with E-state index in [1.54, 1.807) is 0 Å². The van der Waals surface area contributed by atoms with Gasteiger partial charge in [0.05, 0.1) is 5.56 Å². The maximum atomic E-state index is 12.2. The van der Waals surface area contributed by atoms with Crippen LogP contribution in [0.3, 0.4) is 0 Å². The maximum Gasteiger partial charge on any atom is 0.226 e. The molecule has 5 heteroatoms. The van der Waals surface area contributed by atoms with E-state index in [4.69, 9.17) is 11.6 Å². The van der Waals surface area contributed by atoms with Gasteiger partial charge in [0, 0.05) is 34.7 Å². The molecule has 1 aromatic heterocycles. The van der Waals surface area contributed by atoms with Gasteiger partial charge in [-0.15, -0.1) is 0 Å². The Morgan fingerprint density at radius 1 is 1.30 bits per heavy atom. The van der Waals surface area contributed by atoms with Crippen LogP contribution >= 0.6 is 11.6 Å². The summed E-state index contributed by atoms with van der Waals surface area (Å²) in [5, 5.41) is 13.2. The second-order valence-electron chi connectivity index (χ2n) is 6.81. The van der Waals surface area contributed by atoms with Gasteiger partial charge in [-0.25, -0.2) is 0 Å². The molecule has 1 aliphatic rings. The number of rotatable bonds is 1. The van der Waals surface area contributed by atoms with E-state index in [9.17, 15) is 10.1 Å². The molecule has 0 fully saturated rings. The smallest absolute Gasteiger partial charge is 0.226 e. The van der Waals surface area contributed by atoms with E-state index in [-0.39, 0.29) is 17.4 Å². The van der Waals surface area contributed by atoms with Crippen LogP contribution in [0.2, 0.25) is 5.02 Å². The molecular formula is C18H18ClN3O. The normalized spacial score (nSPS) is 17.3. The number of benzene rings is 1. The van der Waals surface area contributed by atoms with Crippen molar-refractivity contribution < 1.29 is 4.79 Å². The van der Waals surface area contributed by atoms with Crippen molar-refractivity contribution in [3.8, 4) is 6.07 Å². The van der Waals surface area contributed by atoms with Crippen molar-refractivity contribution in [3.63, 3.8) is 0 Å². The first-order valence-electron chi connectivity index (χ1n) is 7.52. The summed E-state index contributed by atoms with van der Waals surface area (Å²) in [5.41, 5.74) is 2.27. The van der Waals surface area contributed by atoms with Gasteiger partial charge in [-0.2, -0.15) is 5.26 Å². The summed E-state index contributed by atoms with van der Waals surface area (Å²) in [6, 6.07) is 9.75. The van der Waals surface area contributed by atoms with Crippen LogP contribution in [0, 0.1) is 11.3 Å². The molecule has 1 amide bonds. The van der Waals surface area contributed by atoms with Crippen LogP contribution in [0.25, 0.3) is 0 Å². The molecule has 2 heterocycles. The van der Waals surface area contributed by atoms with Gasteiger partial charge in [0.25, 0.3) is 0 Å². The largest absolute Gasteiger partial charge is 0.328 e. The molecule has 1 aromatic carbocycles. The summed E-state index contributed by atoms with van der Waals surface area (Å²) in [5.74, 6) is 0.560. The third-order valence-electron chi connectivity index (χ3n) is 4.16. The number of hydrogen-bond acceptors (Lipinski definition) is 2. The first-order valence-corrected chi connectivity index (χ1v) is 7.90. The lowest BCUT2D eigenvalue weighted by molar-refractivity contribution is -0.116. The van der Waals surface area contributed by atoms with Crippen molar-refractivity contribution >= 4 is 23.3 Å². The van der Waals surface area contributed by atoms with Crippen molar-refractivity contribution in [2.75, 3.05) is 5.32 Å². The first-order chi connectivity index (χ1) is 10.8. The lowest BCUT2D eigenvalue weighted by Gasteiger charge is -2.29. The highest BCUT2D eigenvalue weighted by Gasteiger charge is 2.34. The molecule has 0 aliphatic carbocycles. The second-order valence-corrected chi connectivity index (χ2v) is 7.25. The van der Waals surface area contributed by atoms with Gasteiger partial charge in [-0.3, -0.25) is 4.79 Å². The molecule has 0 spiro atoms. The monoisotopic (exact) mass is 327 g/mol. The third-order valence-corrected chi connectivity index (χ3v) is 4.41. The van der Waals surface area contributed by atoms with Crippen LogP contribution in [0.4, 0.5) is 5.82 Å². The minimum atomic E-state index is -0.228. The van der Waals surface area contributed by atoms with Crippen LogP contribution in [0.1, 0.15) is 49.8 Å². The molecule has 2 aromatic rings. The van der Waals surface area contributed by atoms with Crippen LogP contribution in [-0.4, -0.2) is 10.5 Å². The molecule has 4 nitrogen and oxygen atoms in total. The van der Waals surface area contributed by atoms with Crippen LogP contribution in [-0.2, 0) is 10.3 Å². The topological polar surface area (TPSA) is 57.8 Å².